The van der Waals surface area contributed by atoms with Gasteiger partial charge in [-0.2, -0.15) is 0 Å². The first-order valence-electron chi connectivity index (χ1n) is 7.16. The highest BCUT2D eigenvalue weighted by Gasteiger charge is 2.41. The molecule has 1 heterocycles. The fraction of sp³-hybridized carbons (Fsp3) is 0.176. The lowest BCUT2D eigenvalue weighted by Gasteiger charge is -2.26. The van der Waals surface area contributed by atoms with Crippen LogP contribution in [-0.2, 0) is 0 Å². The lowest BCUT2D eigenvalue weighted by Crippen LogP contribution is -2.34. The van der Waals surface area contributed by atoms with Crippen molar-refractivity contribution in [2.45, 2.75) is 12.1 Å². The van der Waals surface area contributed by atoms with Crippen LogP contribution >= 0.6 is 35.0 Å². The van der Waals surface area contributed by atoms with Crippen LogP contribution in [0.25, 0.3) is 0 Å². The highest BCUT2D eigenvalue weighted by Crippen LogP contribution is 2.44. The van der Waals surface area contributed by atoms with Gasteiger partial charge in [0.1, 0.15) is 6.04 Å². The summed E-state index contributed by atoms with van der Waals surface area (Å²) in [4.78, 5) is 17.8. The molecule has 1 aliphatic rings. The average molecular weight is 381 g/mol. The van der Waals surface area contributed by atoms with Gasteiger partial charge < -0.3 is 5.11 Å². The fourth-order valence-corrected chi connectivity index (χ4v) is 3.84. The molecule has 0 unspecified atom stereocenters. The molecule has 0 saturated carbocycles. The van der Waals surface area contributed by atoms with Gasteiger partial charge in [0.2, 0.25) is 0 Å². The number of thioether (sulfide) groups is 1. The van der Waals surface area contributed by atoms with Gasteiger partial charge in [-0.1, -0.05) is 59.2 Å². The number of benzene rings is 2. The van der Waals surface area contributed by atoms with Crippen molar-refractivity contribution in [2.24, 2.45) is 4.99 Å². The molecule has 0 bridgehead atoms. The quantitative estimate of drug-likeness (QED) is 0.749. The lowest BCUT2D eigenvalue weighted by atomic mass is 9.94. The summed E-state index contributed by atoms with van der Waals surface area (Å²) in [6, 6.07) is 13.7. The van der Waals surface area contributed by atoms with E-state index in [0.29, 0.717) is 15.2 Å². The van der Waals surface area contributed by atoms with Crippen LogP contribution in [0.4, 0.5) is 4.79 Å². The molecule has 0 fully saturated rings. The van der Waals surface area contributed by atoms with E-state index < -0.39 is 12.1 Å². The molecule has 2 aromatic rings. The van der Waals surface area contributed by atoms with Gasteiger partial charge in [0.15, 0.2) is 5.17 Å². The van der Waals surface area contributed by atoms with E-state index in [1.165, 1.54) is 16.7 Å². The van der Waals surface area contributed by atoms with Gasteiger partial charge in [-0.25, -0.2) is 9.69 Å². The number of nitrogens with zero attached hydrogens (tertiary/aromatic N) is 2. The minimum atomic E-state index is -1.04. The van der Waals surface area contributed by atoms with Crippen LogP contribution in [0.5, 0.6) is 0 Å². The molecule has 0 aliphatic carbocycles. The molecule has 1 aliphatic heterocycles. The number of halogens is 2. The maximum atomic E-state index is 11.9. The van der Waals surface area contributed by atoms with Crippen molar-refractivity contribution < 1.29 is 9.90 Å². The van der Waals surface area contributed by atoms with Crippen LogP contribution in [0.2, 0.25) is 10.0 Å². The predicted octanol–water partition coefficient (Wildman–Crippen LogP) is 5.49. The SMILES string of the molecule is CSC1=N[C@@H](c2cccc(Cl)c2)[C@@H](c2cccc(Cl)c2)N1C(=O)O. The Morgan fingerprint density at radius 2 is 1.71 bits per heavy atom. The van der Waals surface area contributed by atoms with E-state index in [9.17, 15) is 9.90 Å². The average Bonchev–Trinajstić information content (AvgIpc) is 2.94. The summed E-state index contributed by atoms with van der Waals surface area (Å²) in [5.41, 5.74) is 1.66. The second-order valence-corrected chi connectivity index (χ2v) is 6.91. The maximum Gasteiger partial charge on any atom is 0.414 e. The van der Waals surface area contributed by atoms with E-state index in [4.69, 9.17) is 23.2 Å². The standard InChI is InChI=1S/C17H14Cl2N2O2S/c1-24-16-20-14(10-4-2-6-12(18)8-10)15(21(16)17(22)23)11-5-3-7-13(19)9-11/h2-9,14-15H,1H3,(H,22,23)/t14-,15+/m0/s1. The number of hydrogen-bond acceptors (Lipinski definition) is 3. The first-order valence-corrected chi connectivity index (χ1v) is 9.14. The zero-order chi connectivity index (χ0) is 17.3. The molecule has 7 heteroatoms. The van der Waals surface area contributed by atoms with Crippen molar-refractivity contribution in [1.82, 2.24) is 4.90 Å². The van der Waals surface area contributed by atoms with Gasteiger partial charge in [-0.05, 0) is 41.6 Å². The molecule has 0 saturated heterocycles. The van der Waals surface area contributed by atoms with Gasteiger partial charge in [0, 0.05) is 10.0 Å². The number of carbonyl (C=O) groups is 1. The molecule has 1 amide bonds. The number of hydrogen-bond donors (Lipinski definition) is 1. The van der Waals surface area contributed by atoms with E-state index in [-0.39, 0.29) is 6.04 Å². The fourth-order valence-electron chi connectivity index (χ4n) is 2.83. The third-order valence-electron chi connectivity index (χ3n) is 3.80. The lowest BCUT2D eigenvalue weighted by molar-refractivity contribution is 0.157. The molecule has 1 N–H and O–H groups in total. The third-order valence-corrected chi connectivity index (χ3v) is 4.94. The van der Waals surface area contributed by atoms with Crippen LogP contribution in [0.3, 0.4) is 0 Å². The summed E-state index contributed by atoms with van der Waals surface area (Å²) in [6.07, 6.45) is 0.766. The minimum Gasteiger partial charge on any atom is -0.465 e. The molecule has 0 radical (unpaired) electrons. The van der Waals surface area contributed by atoms with Crippen molar-refractivity contribution >= 4 is 46.2 Å². The Bertz CT molecular complexity index is 813. The summed E-state index contributed by atoms with van der Waals surface area (Å²) in [7, 11) is 0. The Balaban J connectivity index is 2.13. The molecular weight excluding hydrogens is 367 g/mol. The van der Waals surface area contributed by atoms with Crippen LogP contribution < -0.4 is 0 Å². The summed E-state index contributed by atoms with van der Waals surface area (Å²) in [5, 5.41) is 11.3. The highest BCUT2D eigenvalue weighted by atomic mass is 35.5. The summed E-state index contributed by atoms with van der Waals surface area (Å²) >= 11 is 13.5. The minimum absolute atomic E-state index is 0.374. The van der Waals surface area contributed by atoms with Crippen LogP contribution in [0.15, 0.2) is 53.5 Å². The van der Waals surface area contributed by atoms with E-state index in [1.807, 2.05) is 36.6 Å². The van der Waals surface area contributed by atoms with Crippen LogP contribution in [0.1, 0.15) is 23.2 Å². The second-order valence-electron chi connectivity index (χ2n) is 5.27. The molecule has 2 aromatic carbocycles. The summed E-state index contributed by atoms with van der Waals surface area (Å²) in [6.45, 7) is 0. The van der Waals surface area contributed by atoms with Crippen molar-refractivity contribution in [1.29, 1.82) is 0 Å². The predicted molar refractivity (Wildman–Crippen MR) is 99.2 cm³/mol. The topological polar surface area (TPSA) is 52.9 Å². The van der Waals surface area contributed by atoms with Gasteiger partial charge in [0.25, 0.3) is 0 Å². The highest BCUT2D eigenvalue weighted by molar-refractivity contribution is 8.13. The molecule has 124 valence electrons. The van der Waals surface area contributed by atoms with Gasteiger partial charge in [0.05, 0.1) is 6.04 Å². The zero-order valence-electron chi connectivity index (χ0n) is 12.7. The normalized spacial score (nSPS) is 20.1. The Morgan fingerprint density at radius 3 is 2.25 bits per heavy atom. The van der Waals surface area contributed by atoms with Gasteiger partial charge in [-0.15, -0.1) is 0 Å². The molecular formula is C17H14Cl2N2O2S. The molecule has 0 spiro atoms. The first-order chi connectivity index (χ1) is 11.5. The Morgan fingerprint density at radius 1 is 1.12 bits per heavy atom. The van der Waals surface area contributed by atoms with Crippen molar-refractivity contribution in [3.05, 3.63) is 69.7 Å². The molecule has 3 rings (SSSR count). The van der Waals surface area contributed by atoms with Crippen molar-refractivity contribution in [3.63, 3.8) is 0 Å². The van der Waals surface area contributed by atoms with E-state index in [2.05, 4.69) is 4.99 Å². The monoisotopic (exact) mass is 380 g/mol. The number of amidine groups is 1. The van der Waals surface area contributed by atoms with E-state index >= 15 is 0 Å². The Hall–Kier alpha value is -1.69. The molecule has 0 aromatic heterocycles. The largest absolute Gasteiger partial charge is 0.465 e. The second kappa shape index (κ2) is 7.05. The van der Waals surface area contributed by atoms with Crippen molar-refractivity contribution in [3.8, 4) is 0 Å². The van der Waals surface area contributed by atoms with Gasteiger partial charge in [-0.3, -0.25) is 4.99 Å². The summed E-state index contributed by atoms with van der Waals surface area (Å²) in [5.74, 6) is 0. The number of carboxylic acid groups (broad SMARTS) is 1. The van der Waals surface area contributed by atoms with Gasteiger partial charge >= 0.3 is 6.09 Å². The first kappa shape index (κ1) is 17.1. The van der Waals surface area contributed by atoms with Crippen molar-refractivity contribution in [2.75, 3.05) is 6.26 Å². The van der Waals surface area contributed by atoms with E-state index in [1.54, 1.807) is 18.2 Å². The third kappa shape index (κ3) is 3.24. The number of amides is 1. The molecule has 2 atom stereocenters. The Kier molecular flexibility index (Phi) is 5.04. The zero-order valence-corrected chi connectivity index (χ0v) is 15.0. The van der Waals surface area contributed by atoms with Crippen LogP contribution in [0, 0.1) is 0 Å². The Labute approximate surface area is 154 Å². The number of rotatable bonds is 2. The van der Waals surface area contributed by atoms with E-state index in [0.717, 1.165) is 11.1 Å². The smallest absolute Gasteiger partial charge is 0.414 e. The molecule has 4 nitrogen and oxygen atoms in total. The maximum absolute atomic E-state index is 11.9. The number of aliphatic imine (C=N–C) groups is 1. The molecule has 24 heavy (non-hydrogen) atoms. The van der Waals surface area contributed by atoms with Crippen LogP contribution in [-0.4, -0.2) is 27.5 Å². The summed E-state index contributed by atoms with van der Waals surface area (Å²) < 4.78 is 0.